The standard InChI is InChI=1S/C46H59Cl2N3O4/c1-2-3-4-5-6-7-8-9-10-11-12-13-14-15-16-17-18-19-20-26-45(53)55-38-51-43-37-40(29-27-39(43)28-30-44(51)52)54-36-22-21-31-49-32-34-50(35-33-49)42-25-23-24-41(47)46(42)48/h3-4,6-7,9-10,12-13,15-16,23-25,27-30,37H,2,5,8,11,14,17-22,26,31-36,38H2,1H3. The Morgan fingerprint density at radius 3 is 2.13 bits per heavy atom. The van der Waals surface area contributed by atoms with E-state index in [-0.39, 0.29) is 18.3 Å². The summed E-state index contributed by atoms with van der Waals surface area (Å²) in [6.07, 6.45) is 33.1. The molecule has 1 fully saturated rings. The molecule has 0 atom stereocenters. The number of hydrogen-bond donors (Lipinski definition) is 0. The Balaban J connectivity index is 1.06. The molecule has 3 aromatic rings. The van der Waals surface area contributed by atoms with Crippen molar-refractivity contribution in [2.75, 3.05) is 44.2 Å². The van der Waals surface area contributed by atoms with Gasteiger partial charge < -0.3 is 14.4 Å². The second-order valence-corrected chi connectivity index (χ2v) is 14.5. The number of pyridine rings is 1. The van der Waals surface area contributed by atoms with Crippen LogP contribution in [0.1, 0.15) is 84.0 Å². The lowest BCUT2D eigenvalue weighted by Crippen LogP contribution is -2.46. The number of piperazine rings is 1. The Morgan fingerprint density at radius 2 is 1.42 bits per heavy atom. The van der Waals surface area contributed by atoms with Gasteiger partial charge in [-0.3, -0.25) is 19.1 Å². The summed E-state index contributed by atoms with van der Waals surface area (Å²) >= 11 is 12.6. The van der Waals surface area contributed by atoms with Crippen molar-refractivity contribution in [3.05, 3.63) is 130 Å². The van der Waals surface area contributed by atoms with Crippen molar-refractivity contribution < 1.29 is 14.3 Å². The summed E-state index contributed by atoms with van der Waals surface area (Å²) in [6, 6.07) is 14.8. The molecular weight excluding hydrogens is 729 g/mol. The third kappa shape index (κ3) is 16.3. The van der Waals surface area contributed by atoms with Crippen molar-refractivity contribution in [3.63, 3.8) is 0 Å². The highest BCUT2D eigenvalue weighted by Crippen LogP contribution is 2.33. The van der Waals surface area contributed by atoms with Gasteiger partial charge in [0.05, 0.1) is 27.9 Å². The zero-order chi connectivity index (χ0) is 38.9. The van der Waals surface area contributed by atoms with Gasteiger partial charge in [0, 0.05) is 44.7 Å². The zero-order valence-corrected chi connectivity index (χ0v) is 34.1. The van der Waals surface area contributed by atoms with Gasteiger partial charge in [-0.2, -0.15) is 0 Å². The van der Waals surface area contributed by atoms with Crippen molar-refractivity contribution in [1.82, 2.24) is 9.47 Å². The summed E-state index contributed by atoms with van der Waals surface area (Å²) in [5, 5.41) is 2.10. The van der Waals surface area contributed by atoms with Gasteiger partial charge in [0.15, 0.2) is 6.73 Å². The van der Waals surface area contributed by atoms with Crippen molar-refractivity contribution in [2.24, 2.45) is 0 Å². The van der Waals surface area contributed by atoms with Crippen LogP contribution in [0.3, 0.4) is 0 Å². The molecule has 0 bridgehead atoms. The quantitative estimate of drug-likeness (QED) is 0.0512. The van der Waals surface area contributed by atoms with Crippen molar-refractivity contribution in [1.29, 1.82) is 0 Å². The molecule has 2 aromatic carbocycles. The molecule has 0 unspecified atom stereocenters. The molecule has 0 amide bonds. The number of unbranched alkanes of at least 4 members (excludes halogenated alkanes) is 4. The van der Waals surface area contributed by atoms with Crippen LogP contribution in [0.4, 0.5) is 5.69 Å². The van der Waals surface area contributed by atoms with Crippen LogP contribution < -0.4 is 15.2 Å². The van der Waals surface area contributed by atoms with E-state index in [4.69, 9.17) is 32.7 Å². The van der Waals surface area contributed by atoms with Gasteiger partial charge in [-0.25, -0.2) is 0 Å². The first kappa shape index (κ1) is 43.7. The number of esters is 1. The van der Waals surface area contributed by atoms with Gasteiger partial charge in [0.1, 0.15) is 5.75 Å². The van der Waals surface area contributed by atoms with Gasteiger partial charge in [-0.05, 0) is 106 Å². The summed E-state index contributed by atoms with van der Waals surface area (Å²) in [5.74, 6) is 0.401. The molecule has 1 aromatic heterocycles. The van der Waals surface area contributed by atoms with Crippen LogP contribution in [0, 0.1) is 0 Å². The molecule has 1 saturated heterocycles. The minimum absolute atomic E-state index is 0.116. The van der Waals surface area contributed by atoms with Crippen LogP contribution >= 0.6 is 23.2 Å². The van der Waals surface area contributed by atoms with E-state index in [0.29, 0.717) is 34.3 Å². The lowest BCUT2D eigenvalue weighted by molar-refractivity contribution is -0.147. The second-order valence-electron chi connectivity index (χ2n) is 13.7. The normalized spacial score (nSPS) is 14.2. The summed E-state index contributed by atoms with van der Waals surface area (Å²) in [6.45, 7) is 7.40. The highest BCUT2D eigenvalue weighted by molar-refractivity contribution is 6.43. The van der Waals surface area contributed by atoms with Crippen molar-refractivity contribution in [3.8, 4) is 5.75 Å². The lowest BCUT2D eigenvalue weighted by atomic mass is 10.1. The van der Waals surface area contributed by atoms with E-state index in [1.165, 1.54) is 10.6 Å². The Morgan fingerprint density at radius 1 is 0.745 bits per heavy atom. The molecule has 0 saturated carbocycles. The Kier molecular flexibility index (Phi) is 20.6. The summed E-state index contributed by atoms with van der Waals surface area (Å²) < 4.78 is 13.1. The summed E-state index contributed by atoms with van der Waals surface area (Å²) in [7, 11) is 0. The van der Waals surface area contributed by atoms with Crippen LogP contribution in [0.2, 0.25) is 10.0 Å². The fourth-order valence-electron chi connectivity index (χ4n) is 6.35. The predicted molar refractivity (Wildman–Crippen MR) is 232 cm³/mol. The maximum Gasteiger partial charge on any atom is 0.307 e. The molecule has 55 heavy (non-hydrogen) atoms. The second kappa shape index (κ2) is 25.9. The van der Waals surface area contributed by atoms with Crippen LogP contribution in [0.5, 0.6) is 5.75 Å². The first-order valence-electron chi connectivity index (χ1n) is 20.0. The van der Waals surface area contributed by atoms with Gasteiger partial charge in [-0.1, -0.05) is 103 Å². The van der Waals surface area contributed by atoms with E-state index in [1.54, 1.807) is 6.07 Å². The fraction of sp³-hybridized carbons (Fsp3) is 0.435. The number of halogens is 2. The molecule has 296 valence electrons. The number of hydrogen-bond acceptors (Lipinski definition) is 6. The van der Waals surface area contributed by atoms with E-state index in [0.717, 1.165) is 114 Å². The number of nitrogens with zero attached hydrogens (tertiary/aromatic N) is 3. The molecule has 0 N–H and O–H groups in total. The number of anilines is 1. The minimum atomic E-state index is -0.291. The zero-order valence-electron chi connectivity index (χ0n) is 32.6. The van der Waals surface area contributed by atoms with E-state index >= 15 is 0 Å². The molecule has 0 radical (unpaired) electrons. The highest BCUT2D eigenvalue weighted by Gasteiger charge is 2.19. The number of allylic oxidation sites excluding steroid dienone is 10. The average Bonchev–Trinajstić information content (AvgIpc) is 3.19. The van der Waals surface area contributed by atoms with Crippen LogP contribution in [0.25, 0.3) is 10.9 Å². The summed E-state index contributed by atoms with van der Waals surface area (Å²) in [5.41, 5.74) is 1.47. The molecule has 1 aliphatic heterocycles. The molecule has 4 rings (SSSR count). The average molecular weight is 789 g/mol. The van der Waals surface area contributed by atoms with Gasteiger partial charge >= 0.3 is 5.97 Å². The topological polar surface area (TPSA) is 64.0 Å². The number of fused-ring (bicyclic) bond motifs is 1. The number of rotatable bonds is 24. The number of carbonyl (C=O) groups is 1. The largest absolute Gasteiger partial charge is 0.494 e. The fourth-order valence-corrected chi connectivity index (χ4v) is 6.77. The molecular formula is C46H59Cl2N3O4. The summed E-state index contributed by atoms with van der Waals surface area (Å²) in [4.78, 5) is 30.1. The SMILES string of the molecule is CCC=CCC=CCC=CCC=CCC=CCCCCCC(=O)OCn1c(=O)ccc2ccc(OCCCCN3CCN(c4cccc(Cl)c4Cl)CC3)cc21. The third-order valence-corrected chi connectivity index (χ3v) is 10.3. The van der Waals surface area contributed by atoms with E-state index in [2.05, 4.69) is 77.5 Å². The highest BCUT2D eigenvalue weighted by atomic mass is 35.5. The first-order valence-corrected chi connectivity index (χ1v) is 20.8. The van der Waals surface area contributed by atoms with E-state index in [1.807, 2.05) is 36.4 Å². The van der Waals surface area contributed by atoms with Gasteiger partial charge in [-0.15, -0.1) is 0 Å². The lowest BCUT2D eigenvalue weighted by Gasteiger charge is -2.36. The number of aromatic nitrogens is 1. The number of benzene rings is 2. The molecule has 7 nitrogen and oxygen atoms in total. The van der Waals surface area contributed by atoms with Crippen molar-refractivity contribution in [2.45, 2.75) is 90.7 Å². The van der Waals surface area contributed by atoms with E-state index < -0.39 is 0 Å². The van der Waals surface area contributed by atoms with E-state index in [9.17, 15) is 9.59 Å². The molecule has 0 spiro atoms. The maximum absolute atomic E-state index is 12.8. The Bertz CT molecular complexity index is 1800. The number of ether oxygens (including phenoxy) is 2. The third-order valence-electron chi connectivity index (χ3n) is 9.51. The monoisotopic (exact) mass is 787 g/mol. The van der Waals surface area contributed by atoms with Crippen LogP contribution in [0.15, 0.2) is 114 Å². The van der Waals surface area contributed by atoms with Crippen LogP contribution in [-0.2, 0) is 16.3 Å². The molecule has 9 heteroatoms. The molecule has 1 aliphatic rings. The Hall–Kier alpha value is -4.04. The first-order chi connectivity index (χ1) is 27.0. The van der Waals surface area contributed by atoms with Crippen molar-refractivity contribution >= 4 is 45.8 Å². The van der Waals surface area contributed by atoms with Gasteiger partial charge in [0.25, 0.3) is 5.56 Å². The van der Waals surface area contributed by atoms with Crippen LogP contribution in [-0.4, -0.2) is 54.8 Å². The molecule has 0 aliphatic carbocycles. The maximum atomic E-state index is 12.8. The smallest absolute Gasteiger partial charge is 0.307 e. The number of carbonyl (C=O) groups excluding carboxylic acids is 1. The minimum Gasteiger partial charge on any atom is -0.494 e. The molecule has 2 heterocycles. The van der Waals surface area contributed by atoms with Gasteiger partial charge in [0.2, 0.25) is 0 Å². The predicted octanol–water partition coefficient (Wildman–Crippen LogP) is 11.5. The Labute approximate surface area is 338 Å².